The molecule has 0 atom stereocenters. The van der Waals surface area contributed by atoms with E-state index in [0.29, 0.717) is 12.1 Å². The zero-order valence-electron chi connectivity index (χ0n) is 15.5. The fraction of sp³-hybridized carbons (Fsp3) is 0.318. The second-order valence-electron chi connectivity index (χ2n) is 6.66. The molecule has 4 nitrogen and oxygen atoms in total. The Balaban J connectivity index is 1.32. The van der Waals surface area contributed by atoms with E-state index in [1.54, 1.807) is 18.2 Å². The Hall–Kier alpha value is -2.66. The molecule has 0 unspecified atom stereocenters. The van der Waals surface area contributed by atoms with Crippen LogP contribution in [0.5, 0.6) is 0 Å². The molecule has 2 aromatic carbocycles. The molecule has 1 amide bonds. The standard InChI is InChI=1S/C22H26FN3O/c23-21-10-5-4-7-19(21)11-12-22(27)24-13-6-14-25-15-17-26(18-16-25)20-8-2-1-3-9-20/h1-5,7-12H,6,13-18H2,(H,24,27)/b12-11+. The first-order chi connectivity index (χ1) is 13.2. The van der Waals surface area contributed by atoms with Crippen LogP contribution in [0.2, 0.25) is 0 Å². The Morgan fingerprint density at radius 2 is 1.70 bits per heavy atom. The molecule has 27 heavy (non-hydrogen) atoms. The highest BCUT2D eigenvalue weighted by atomic mass is 19.1. The van der Waals surface area contributed by atoms with Gasteiger partial charge in [-0.2, -0.15) is 0 Å². The summed E-state index contributed by atoms with van der Waals surface area (Å²) in [4.78, 5) is 16.7. The summed E-state index contributed by atoms with van der Waals surface area (Å²) in [6, 6.07) is 16.9. The first kappa shape index (κ1) is 19.1. The quantitative estimate of drug-likeness (QED) is 0.603. The molecular weight excluding hydrogens is 341 g/mol. The molecule has 0 aliphatic carbocycles. The third-order valence-electron chi connectivity index (χ3n) is 4.76. The predicted octanol–water partition coefficient (Wildman–Crippen LogP) is 3.17. The summed E-state index contributed by atoms with van der Waals surface area (Å²) in [6.45, 7) is 5.73. The zero-order valence-corrected chi connectivity index (χ0v) is 15.5. The lowest BCUT2D eigenvalue weighted by atomic mass is 10.2. The van der Waals surface area contributed by atoms with E-state index in [1.165, 1.54) is 23.9 Å². The first-order valence-electron chi connectivity index (χ1n) is 9.45. The number of rotatable bonds is 7. The van der Waals surface area contributed by atoms with E-state index < -0.39 is 0 Å². The molecule has 1 N–H and O–H groups in total. The Labute approximate surface area is 160 Å². The monoisotopic (exact) mass is 367 g/mol. The van der Waals surface area contributed by atoms with Gasteiger partial charge in [0.15, 0.2) is 0 Å². The van der Waals surface area contributed by atoms with E-state index >= 15 is 0 Å². The number of piperazine rings is 1. The van der Waals surface area contributed by atoms with Gasteiger partial charge < -0.3 is 10.2 Å². The van der Waals surface area contributed by atoms with Gasteiger partial charge in [-0.15, -0.1) is 0 Å². The Bertz CT molecular complexity index is 755. The van der Waals surface area contributed by atoms with E-state index in [9.17, 15) is 9.18 Å². The Morgan fingerprint density at radius 3 is 2.44 bits per heavy atom. The summed E-state index contributed by atoms with van der Waals surface area (Å²) in [5, 5.41) is 2.86. The number of nitrogens with zero attached hydrogens (tertiary/aromatic N) is 2. The van der Waals surface area contributed by atoms with Crippen molar-refractivity contribution < 1.29 is 9.18 Å². The normalized spacial score (nSPS) is 15.2. The molecule has 0 saturated carbocycles. The third-order valence-corrected chi connectivity index (χ3v) is 4.76. The molecule has 0 bridgehead atoms. The van der Waals surface area contributed by atoms with E-state index in [1.807, 2.05) is 6.07 Å². The van der Waals surface area contributed by atoms with Crippen molar-refractivity contribution in [1.29, 1.82) is 0 Å². The summed E-state index contributed by atoms with van der Waals surface area (Å²) >= 11 is 0. The molecule has 1 fully saturated rings. The molecule has 0 aromatic heterocycles. The van der Waals surface area contributed by atoms with Gasteiger partial charge in [-0.1, -0.05) is 36.4 Å². The molecule has 1 aliphatic heterocycles. The van der Waals surface area contributed by atoms with Crippen LogP contribution in [0.15, 0.2) is 60.7 Å². The van der Waals surface area contributed by atoms with Gasteiger partial charge in [0.25, 0.3) is 0 Å². The number of amides is 1. The van der Waals surface area contributed by atoms with Crippen LogP contribution in [-0.4, -0.2) is 50.1 Å². The van der Waals surface area contributed by atoms with Gasteiger partial charge in [-0.3, -0.25) is 9.69 Å². The topological polar surface area (TPSA) is 35.6 Å². The lowest BCUT2D eigenvalue weighted by Gasteiger charge is -2.36. The van der Waals surface area contributed by atoms with Gasteiger partial charge in [0.05, 0.1) is 0 Å². The number of benzene rings is 2. The summed E-state index contributed by atoms with van der Waals surface area (Å²) < 4.78 is 13.5. The molecule has 1 aliphatic rings. The Morgan fingerprint density at radius 1 is 1.00 bits per heavy atom. The summed E-state index contributed by atoms with van der Waals surface area (Å²) in [6.07, 6.45) is 3.80. The van der Waals surface area contributed by atoms with Gasteiger partial charge in [-0.05, 0) is 37.2 Å². The SMILES string of the molecule is O=C(/C=C/c1ccccc1F)NCCCN1CCN(c2ccccc2)CC1. The van der Waals surface area contributed by atoms with Crippen molar-refractivity contribution in [3.63, 3.8) is 0 Å². The van der Waals surface area contributed by atoms with Crippen molar-refractivity contribution in [2.75, 3.05) is 44.2 Å². The molecular formula is C22H26FN3O. The Kier molecular flexibility index (Phi) is 6.99. The van der Waals surface area contributed by atoms with Crippen molar-refractivity contribution >= 4 is 17.7 Å². The maximum absolute atomic E-state index is 13.5. The van der Waals surface area contributed by atoms with Crippen LogP contribution in [0.1, 0.15) is 12.0 Å². The van der Waals surface area contributed by atoms with E-state index in [-0.39, 0.29) is 11.7 Å². The van der Waals surface area contributed by atoms with Gasteiger partial charge >= 0.3 is 0 Å². The predicted molar refractivity (Wildman–Crippen MR) is 108 cm³/mol. The number of halogens is 1. The lowest BCUT2D eigenvalue weighted by molar-refractivity contribution is -0.116. The number of hydrogen-bond donors (Lipinski definition) is 1. The summed E-state index contributed by atoms with van der Waals surface area (Å²) in [5.41, 5.74) is 1.70. The molecule has 0 radical (unpaired) electrons. The van der Waals surface area contributed by atoms with E-state index in [0.717, 1.165) is 39.1 Å². The second-order valence-corrected chi connectivity index (χ2v) is 6.66. The van der Waals surface area contributed by atoms with Crippen LogP contribution in [0, 0.1) is 5.82 Å². The van der Waals surface area contributed by atoms with Crippen LogP contribution >= 0.6 is 0 Å². The van der Waals surface area contributed by atoms with Gasteiger partial charge in [0.1, 0.15) is 5.82 Å². The van der Waals surface area contributed by atoms with Crippen molar-refractivity contribution in [1.82, 2.24) is 10.2 Å². The first-order valence-corrected chi connectivity index (χ1v) is 9.45. The fourth-order valence-electron chi connectivity index (χ4n) is 3.22. The van der Waals surface area contributed by atoms with Crippen LogP contribution in [0.4, 0.5) is 10.1 Å². The minimum atomic E-state index is -0.323. The van der Waals surface area contributed by atoms with Crippen LogP contribution < -0.4 is 10.2 Å². The summed E-state index contributed by atoms with van der Waals surface area (Å²) in [5.74, 6) is -0.511. The van der Waals surface area contributed by atoms with Crippen molar-refractivity contribution in [2.45, 2.75) is 6.42 Å². The molecule has 0 spiro atoms. The van der Waals surface area contributed by atoms with Crippen molar-refractivity contribution in [3.8, 4) is 0 Å². The van der Waals surface area contributed by atoms with Crippen molar-refractivity contribution in [2.24, 2.45) is 0 Å². The lowest BCUT2D eigenvalue weighted by Crippen LogP contribution is -2.47. The number of carbonyl (C=O) groups excluding carboxylic acids is 1. The van der Waals surface area contributed by atoms with Crippen LogP contribution in [0.25, 0.3) is 6.08 Å². The molecule has 1 heterocycles. The molecule has 142 valence electrons. The average molecular weight is 367 g/mol. The number of para-hydroxylation sites is 1. The van der Waals surface area contributed by atoms with Gasteiger partial charge in [0, 0.05) is 50.1 Å². The molecule has 2 aromatic rings. The number of carbonyl (C=O) groups is 1. The zero-order chi connectivity index (χ0) is 18.9. The summed E-state index contributed by atoms with van der Waals surface area (Å²) in [7, 11) is 0. The number of nitrogens with one attached hydrogen (secondary N) is 1. The van der Waals surface area contributed by atoms with Crippen molar-refractivity contribution in [3.05, 3.63) is 72.1 Å². The van der Waals surface area contributed by atoms with Crippen LogP contribution in [0.3, 0.4) is 0 Å². The number of anilines is 1. The highest BCUT2D eigenvalue weighted by Gasteiger charge is 2.16. The number of hydrogen-bond acceptors (Lipinski definition) is 3. The average Bonchev–Trinajstić information content (AvgIpc) is 2.72. The van der Waals surface area contributed by atoms with E-state index in [4.69, 9.17) is 0 Å². The highest BCUT2D eigenvalue weighted by molar-refractivity contribution is 5.91. The molecule has 1 saturated heterocycles. The van der Waals surface area contributed by atoms with Crippen LogP contribution in [-0.2, 0) is 4.79 Å². The smallest absolute Gasteiger partial charge is 0.244 e. The maximum Gasteiger partial charge on any atom is 0.244 e. The third kappa shape index (κ3) is 5.93. The minimum absolute atomic E-state index is 0.188. The van der Waals surface area contributed by atoms with Gasteiger partial charge in [-0.25, -0.2) is 4.39 Å². The minimum Gasteiger partial charge on any atom is -0.369 e. The molecule has 3 rings (SSSR count). The molecule has 5 heteroatoms. The maximum atomic E-state index is 13.5. The van der Waals surface area contributed by atoms with Gasteiger partial charge in [0.2, 0.25) is 5.91 Å². The largest absolute Gasteiger partial charge is 0.369 e. The van der Waals surface area contributed by atoms with E-state index in [2.05, 4.69) is 39.4 Å². The second kappa shape index (κ2) is 9.88. The fourth-order valence-corrected chi connectivity index (χ4v) is 3.22. The highest BCUT2D eigenvalue weighted by Crippen LogP contribution is 2.15.